The molecule has 6 heteroatoms. The number of nitrogens with two attached hydrogens (primary N) is 1. The van der Waals surface area contributed by atoms with Crippen molar-refractivity contribution < 1.29 is 0 Å². The minimum atomic E-state index is 0. The van der Waals surface area contributed by atoms with Gasteiger partial charge in [-0.15, -0.1) is 22.6 Å². The Balaban J connectivity index is 0.000000605. The van der Waals surface area contributed by atoms with E-state index in [4.69, 9.17) is 5.73 Å². The van der Waals surface area contributed by atoms with Crippen LogP contribution in [0.15, 0.2) is 18.6 Å². The summed E-state index contributed by atoms with van der Waals surface area (Å²) in [5.74, 6) is 0.405. The molecule has 5 nitrogen and oxygen atoms in total. The van der Waals surface area contributed by atoms with Gasteiger partial charge in [-0.25, -0.2) is 4.98 Å². The maximum atomic E-state index is 5.47. The van der Waals surface area contributed by atoms with Crippen molar-refractivity contribution in [2.45, 2.75) is 0 Å². The molecule has 2 aromatic heterocycles. The van der Waals surface area contributed by atoms with E-state index >= 15 is 0 Å². The lowest BCUT2D eigenvalue weighted by atomic mass is 10.6. The zero-order valence-corrected chi connectivity index (χ0v) is 6.32. The van der Waals surface area contributed by atoms with Crippen molar-refractivity contribution in [3.8, 4) is 0 Å². The Bertz CT molecular complexity index is 356. The zero-order chi connectivity index (χ0) is 6.97. The van der Waals surface area contributed by atoms with Gasteiger partial charge in [0, 0.05) is 12.3 Å². The Kier molecular flexibility index (Phi) is 1.91. The fourth-order valence-corrected chi connectivity index (χ4v) is 0.777. The summed E-state index contributed by atoms with van der Waals surface area (Å²) in [6.45, 7) is 0. The quantitative estimate of drug-likeness (QED) is 0.612. The van der Waals surface area contributed by atoms with Crippen LogP contribution in [0.3, 0.4) is 0 Å². The van der Waals surface area contributed by atoms with Gasteiger partial charge < -0.3 is 5.73 Å². The minimum Gasteiger partial charge on any atom is -0.369 e. The molecule has 0 amide bonds. The molecule has 0 aliphatic rings. The molecule has 58 valence electrons. The molecule has 2 aromatic rings. The van der Waals surface area contributed by atoms with Crippen LogP contribution in [0.1, 0.15) is 0 Å². The first-order valence-electron chi connectivity index (χ1n) is 2.78. The van der Waals surface area contributed by atoms with Gasteiger partial charge in [0.05, 0.1) is 0 Å². The highest BCUT2D eigenvalue weighted by molar-refractivity contribution is 5.85. The number of rotatable bonds is 0. The molecule has 0 unspecified atom stereocenters. The van der Waals surface area contributed by atoms with E-state index in [1.807, 2.05) is 0 Å². The third-order valence-corrected chi connectivity index (χ3v) is 1.25. The Hall–Kier alpha value is -1.36. The maximum absolute atomic E-state index is 5.47. The van der Waals surface area contributed by atoms with Crippen LogP contribution in [0, 0.1) is 0 Å². The summed E-state index contributed by atoms with van der Waals surface area (Å²) in [7, 11) is 0. The molecular formula is C5H6ClN5. The van der Waals surface area contributed by atoms with Crippen molar-refractivity contribution in [1.82, 2.24) is 19.6 Å². The number of nitrogens with zero attached hydrogens (tertiary/aromatic N) is 4. The number of aromatic nitrogens is 4. The minimum absolute atomic E-state index is 0. The number of halogens is 1. The van der Waals surface area contributed by atoms with Crippen molar-refractivity contribution in [2.24, 2.45) is 0 Å². The second kappa shape index (κ2) is 2.71. The van der Waals surface area contributed by atoms with Gasteiger partial charge in [-0.05, 0) is 0 Å². The molecule has 0 spiro atoms. The first kappa shape index (κ1) is 7.74. The summed E-state index contributed by atoms with van der Waals surface area (Å²) >= 11 is 0. The maximum Gasteiger partial charge on any atom is 0.207 e. The molecule has 2 N–H and O–H groups in total. The molecule has 0 atom stereocenters. The number of hydrogen-bond acceptors (Lipinski definition) is 4. The van der Waals surface area contributed by atoms with Crippen LogP contribution in [-0.2, 0) is 0 Å². The van der Waals surface area contributed by atoms with Gasteiger partial charge in [0.25, 0.3) is 0 Å². The van der Waals surface area contributed by atoms with Gasteiger partial charge in [0.2, 0.25) is 5.95 Å². The molecule has 0 bridgehead atoms. The second-order valence-electron chi connectivity index (χ2n) is 1.86. The average Bonchev–Trinajstić information content (AvgIpc) is 2.36. The fraction of sp³-hybridized carbons (Fsp3) is 0. The van der Waals surface area contributed by atoms with E-state index in [1.165, 1.54) is 6.33 Å². The zero-order valence-electron chi connectivity index (χ0n) is 5.51. The van der Waals surface area contributed by atoms with Crippen molar-refractivity contribution in [3.63, 3.8) is 0 Å². The number of nitrogen functional groups attached to an aromatic ring is 1. The van der Waals surface area contributed by atoms with Crippen LogP contribution in [0.5, 0.6) is 0 Å². The third kappa shape index (κ3) is 1.10. The lowest BCUT2D eigenvalue weighted by Gasteiger charge is -1.92. The SMILES string of the molecule is Cl.Nc1nccc2nncn12. The van der Waals surface area contributed by atoms with Gasteiger partial charge >= 0.3 is 0 Å². The Labute approximate surface area is 68.7 Å². The predicted molar refractivity (Wildman–Crippen MR) is 42.4 cm³/mol. The highest BCUT2D eigenvalue weighted by Gasteiger charge is 1.95. The van der Waals surface area contributed by atoms with Crippen LogP contribution in [0.2, 0.25) is 0 Å². The van der Waals surface area contributed by atoms with Crippen molar-refractivity contribution in [1.29, 1.82) is 0 Å². The highest BCUT2D eigenvalue weighted by Crippen LogP contribution is 2.00. The van der Waals surface area contributed by atoms with Gasteiger partial charge in [-0.1, -0.05) is 0 Å². The van der Waals surface area contributed by atoms with Gasteiger partial charge in [-0.3, -0.25) is 4.40 Å². The molecule has 0 saturated heterocycles. The number of hydrogen-bond donors (Lipinski definition) is 1. The summed E-state index contributed by atoms with van der Waals surface area (Å²) < 4.78 is 1.61. The third-order valence-electron chi connectivity index (χ3n) is 1.25. The van der Waals surface area contributed by atoms with Crippen LogP contribution in [0.4, 0.5) is 5.95 Å². The summed E-state index contributed by atoms with van der Waals surface area (Å²) in [6.07, 6.45) is 3.12. The van der Waals surface area contributed by atoms with E-state index in [9.17, 15) is 0 Å². The summed E-state index contributed by atoms with van der Waals surface area (Å²) in [5.41, 5.74) is 6.19. The van der Waals surface area contributed by atoms with E-state index in [0.29, 0.717) is 11.6 Å². The molecular weight excluding hydrogens is 166 g/mol. The molecule has 2 rings (SSSR count). The predicted octanol–water partition coefficient (Wildman–Crippen LogP) is 0.128. The molecule has 0 aliphatic carbocycles. The first-order chi connectivity index (χ1) is 4.88. The van der Waals surface area contributed by atoms with E-state index in [2.05, 4.69) is 15.2 Å². The normalized spacial score (nSPS) is 9.45. The highest BCUT2D eigenvalue weighted by atomic mass is 35.5. The van der Waals surface area contributed by atoms with Crippen LogP contribution >= 0.6 is 12.4 Å². The van der Waals surface area contributed by atoms with Crippen LogP contribution in [-0.4, -0.2) is 19.6 Å². The Morgan fingerprint density at radius 3 is 3.00 bits per heavy atom. The molecule has 0 radical (unpaired) electrons. The topological polar surface area (TPSA) is 69.1 Å². The molecule has 0 fully saturated rings. The standard InChI is InChI=1S/C5H5N5.ClH/c6-5-7-2-1-4-9-8-3-10(4)5;/h1-3H,(H2,6,7);1H. The molecule has 0 aliphatic heterocycles. The lowest BCUT2D eigenvalue weighted by Crippen LogP contribution is -1.97. The molecule has 2 heterocycles. The molecule has 0 aromatic carbocycles. The van der Waals surface area contributed by atoms with E-state index in [-0.39, 0.29) is 12.4 Å². The van der Waals surface area contributed by atoms with E-state index in [1.54, 1.807) is 16.7 Å². The summed E-state index contributed by atoms with van der Waals surface area (Å²) in [4.78, 5) is 3.84. The second-order valence-corrected chi connectivity index (χ2v) is 1.86. The van der Waals surface area contributed by atoms with Crippen molar-refractivity contribution >= 4 is 24.0 Å². The van der Waals surface area contributed by atoms with E-state index < -0.39 is 0 Å². The van der Waals surface area contributed by atoms with Crippen molar-refractivity contribution in [2.75, 3.05) is 5.73 Å². The smallest absolute Gasteiger partial charge is 0.207 e. The first-order valence-corrected chi connectivity index (χ1v) is 2.78. The summed E-state index contributed by atoms with van der Waals surface area (Å²) in [5, 5.41) is 7.43. The molecule has 11 heavy (non-hydrogen) atoms. The summed E-state index contributed by atoms with van der Waals surface area (Å²) in [6, 6.07) is 1.74. The van der Waals surface area contributed by atoms with Crippen LogP contribution in [0.25, 0.3) is 5.65 Å². The monoisotopic (exact) mass is 171 g/mol. The van der Waals surface area contributed by atoms with Gasteiger partial charge in [0.1, 0.15) is 6.33 Å². The largest absolute Gasteiger partial charge is 0.369 e. The van der Waals surface area contributed by atoms with Crippen LogP contribution < -0.4 is 5.73 Å². The Morgan fingerprint density at radius 2 is 2.27 bits per heavy atom. The number of anilines is 1. The molecule has 0 saturated carbocycles. The van der Waals surface area contributed by atoms with Gasteiger partial charge in [0.15, 0.2) is 5.65 Å². The average molecular weight is 172 g/mol. The number of fused-ring (bicyclic) bond motifs is 1. The van der Waals surface area contributed by atoms with E-state index in [0.717, 1.165) is 0 Å². The van der Waals surface area contributed by atoms with Crippen molar-refractivity contribution in [3.05, 3.63) is 18.6 Å². The Morgan fingerprint density at radius 1 is 1.45 bits per heavy atom. The fourth-order valence-electron chi connectivity index (χ4n) is 0.777. The van der Waals surface area contributed by atoms with Gasteiger partial charge in [-0.2, -0.15) is 0 Å². The lowest BCUT2D eigenvalue weighted by molar-refractivity contribution is 1.08.